The fraction of sp³-hybridized carbons (Fsp3) is 0.350. The highest BCUT2D eigenvalue weighted by molar-refractivity contribution is 7.99. The van der Waals surface area contributed by atoms with E-state index in [2.05, 4.69) is 22.4 Å². The molecule has 142 valence electrons. The number of hydrogen-bond donors (Lipinski definition) is 1. The van der Waals surface area contributed by atoms with E-state index in [0.29, 0.717) is 16.7 Å². The summed E-state index contributed by atoms with van der Waals surface area (Å²) >= 11 is 1.38. The maximum absolute atomic E-state index is 12.1. The molecule has 0 unspecified atom stereocenters. The van der Waals surface area contributed by atoms with Crippen LogP contribution in [0.25, 0.3) is 17.1 Å². The van der Waals surface area contributed by atoms with Gasteiger partial charge in [-0.3, -0.25) is 9.36 Å². The third kappa shape index (κ3) is 4.80. The molecule has 2 heterocycles. The van der Waals surface area contributed by atoms with E-state index in [1.807, 2.05) is 47.9 Å². The van der Waals surface area contributed by atoms with Crippen molar-refractivity contribution in [1.82, 2.24) is 20.1 Å². The van der Waals surface area contributed by atoms with E-state index < -0.39 is 0 Å². The van der Waals surface area contributed by atoms with Crippen molar-refractivity contribution < 1.29 is 9.21 Å². The molecule has 1 aromatic carbocycles. The molecular weight excluding hydrogens is 360 g/mol. The van der Waals surface area contributed by atoms with Crippen molar-refractivity contribution in [3.05, 3.63) is 48.4 Å². The highest BCUT2D eigenvalue weighted by Gasteiger charge is 2.19. The molecule has 1 N–H and O–H groups in total. The van der Waals surface area contributed by atoms with Crippen LogP contribution in [0.4, 0.5) is 0 Å². The maximum atomic E-state index is 12.1. The number of furan rings is 1. The SMILES string of the molecule is CCCCCNC(=O)CSc1nnc(-c2ccoc2C)n1-c1ccccc1. The molecule has 0 saturated carbocycles. The minimum absolute atomic E-state index is 0.0137. The smallest absolute Gasteiger partial charge is 0.230 e. The summed E-state index contributed by atoms with van der Waals surface area (Å²) in [4.78, 5) is 12.1. The van der Waals surface area contributed by atoms with Crippen molar-refractivity contribution in [1.29, 1.82) is 0 Å². The van der Waals surface area contributed by atoms with Crippen molar-refractivity contribution in [3.63, 3.8) is 0 Å². The average molecular weight is 385 g/mol. The molecule has 6 nitrogen and oxygen atoms in total. The van der Waals surface area contributed by atoms with E-state index in [0.717, 1.165) is 42.8 Å². The van der Waals surface area contributed by atoms with E-state index in [1.165, 1.54) is 11.8 Å². The summed E-state index contributed by atoms with van der Waals surface area (Å²) in [7, 11) is 0. The Morgan fingerprint density at radius 1 is 1.19 bits per heavy atom. The molecular formula is C20H24N4O2S. The molecule has 3 rings (SSSR count). The number of aryl methyl sites for hydroxylation is 1. The second-order valence-electron chi connectivity index (χ2n) is 6.21. The number of aromatic nitrogens is 3. The van der Waals surface area contributed by atoms with Crippen LogP contribution in [0.2, 0.25) is 0 Å². The number of nitrogens with one attached hydrogen (secondary N) is 1. The van der Waals surface area contributed by atoms with Gasteiger partial charge in [0.15, 0.2) is 11.0 Å². The monoisotopic (exact) mass is 384 g/mol. The molecule has 0 atom stereocenters. The topological polar surface area (TPSA) is 73.0 Å². The van der Waals surface area contributed by atoms with Crippen LogP contribution in [0, 0.1) is 6.92 Å². The first kappa shape index (κ1) is 19.2. The van der Waals surface area contributed by atoms with Gasteiger partial charge in [-0.15, -0.1) is 10.2 Å². The van der Waals surface area contributed by atoms with Gasteiger partial charge in [0, 0.05) is 12.2 Å². The van der Waals surface area contributed by atoms with E-state index in [1.54, 1.807) is 6.26 Å². The molecule has 0 aliphatic rings. The van der Waals surface area contributed by atoms with Crippen molar-refractivity contribution in [2.45, 2.75) is 38.3 Å². The summed E-state index contributed by atoms with van der Waals surface area (Å²) < 4.78 is 7.39. The summed E-state index contributed by atoms with van der Waals surface area (Å²) in [6.07, 6.45) is 4.92. The lowest BCUT2D eigenvalue weighted by Gasteiger charge is -2.10. The molecule has 0 bridgehead atoms. The molecule has 0 aliphatic heterocycles. The Bertz CT molecular complexity index is 873. The highest BCUT2D eigenvalue weighted by atomic mass is 32.2. The van der Waals surface area contributed by atoms with Gasteiger partial charge in [0.1, 0.15) is 5.76 Å². The molecule has 0 fully saturated rings. The quantitative estimate of drug-likeness (QED) is 0.441. The molecule has 0 saturated heterocycles. The average Bonchev–Trinajstić information content (AvgIpc) is 3.30. The number of benzene rings is 1. The van der Waals surface area contributed by atoms with Gasteiger partial charge in [0.2, 0.25) is 5.91 Å². The predicted molar refractivity (Wildman–Crippen MR) is 107 cm³/mol. The number of unbranched alkanes of at least 4 members (excludes halogenated alkanes) is 2. The number of para-hydroxylation sites is 1. The maximum Gasteiger partial charge on any atom is 0.230 e. The van der Waals surface area contributed by atoms with Crippen molar-refractivity contribution in [3.8, 4) is 17.1 Å². The number of rotatable bonds is 9. The third-order valence-electron chi connectivity index (χ3n) is 4.18. The van der Waals surface area contributed by atoms with Crippen LogP contribution in [0.3, 0.4) is 0 Å². The van der Waals surface area contributed by atoms with Gasteiger partial charge in [0.05, 0.1) is 17.6 Å². The summed E-state index contributed by atoms with van der Waals surface area (Å²) in [5, 5.41) is 12.3. The second-order valence-corrected chi connectivity index (χ2v) is 7.16. The van der Waals surface area contributed by atoms with Gasteiger partial charge in [-0.1, -0.05) is 49.7 Å². The van der Waals surface area contributed by atoms with Crippen molar-refractivity contribution in [2.24, 2.45) is 0 Å². The zero-order valence-electron chi connectivity index (χ0n) is 15.6. The summed E-state index contributed by atoms with van der Waals surface area (Å²) in [6.45, 7) is 4.77. The third-order valence-corrected chi connectivity index (χ3v) is 5.11. The van der Waals surface area contributed by atoms with Crippen LogP contribution in [0.5, 0.6) is 0 Å². The van der Waals surface area contributed by atoms with E-state index in [9.17, 15) is 4.79 Å². The van der Waals surface area contributed by atoms with E-state index >= 15 is 0 Å². The lowest BCUT2D eigenvalue weighted by atomic mass is 10.2. The van der Waals surface area contributed by atoms with Crippen LogP contribution >= 0.6 is 11.8 Å². The number of carbonyl (C=O) groups excluding carboxylic acids is 1. The van der Waals surface area contributed by atoms with E-state index in [-0.39, 0.29) is 5.91 Å². The van der Waals surface area contributed by atoms with Crippen LogP contribution in [0.15, 0.2) is 52.2 Å². The minimum atomic E-state index is 0.0137. The van der Waals surface area contributed by atoms with E-state index in [4.69, 9.17) is 4.42 Å². The first-order valence-electron chi connectivity index (χ1n) is 9.15. The fourth-order valence-electron chi connectivity index (χ4n) is 2.75. The summed E-state index contributed by atoms with van der Waals surface area (Å²) in [5.74, 6) is 1.81. The number of carbonyl (C=O) groups is 1. The molecule has 0 aliphatic carbocycles. The van der Waals surface area contributed by atoms with Gasteiger partial charge in [0.25, 0.3) is 0 Å². The van der Waals surface area contributed by atoms with Gasteiger partial charge in [-0.05, 0) is 31.5 Å². The molecule has 27 heavy (non-hydrogen) atoms. The molecule has 3 aromatic rings. The van der Waals surface area contributed by atoms with Crippen LogP contribution in [0.1, 0.15) is 31.9 Å². The number of nitrogens with zero attached hydrogens (tertiary/aromatic N) is 3. The fourth-order valence-corrected chi connectivity index (χ4v) is 3.53. The standard InChI is InChI=1S/C20H24N4O2S/c1-3-4-8-12-21-18(25)14-27-20-23-22-19(17-11-13-26-15(17)2)24(20)16-9-6-5-7-10-16/h5-7,9-11,13H,3-4,8,12,14H2,1-2H3,(H,21,25). The van der Waals surface area contributed by atoms with Gasteiger partial charge in [-0.2, -0.15) is 0 Å². The number of amides is 1. The summed E-state index contributed by atoms with van der Waals surface area (Å²) in [6, 6.07) is 11.8. The normalized spacial score (nSPS) is 10.9. The van der Waals surface area contributed by atoms with Crippen LogP contribution < -0.4 is 5.32 Å². The zero-order valence-corrected chi connectivity index (χ0v) is 16.5. The first-order chi connectivity index (χ1) is 13.2. The number of thioether (sulfide) groups is 1. The Balaban J connectivity index is 1.79. The van der Waals surface area contributed by atoms with Crippen molar-refractivity contribution >= 4 is 17.7 Å². The largest absolute Gasteiger partial charge is 0.469 e. The Morgan fingerprint density at radius 2 is 2.00 bits per heavy atom. The molecule has 1 amide bonds. The van der Waals surface area contributed by atoms with Gasteiger partial charge >= 0.3 is 0 Å². The van der Waals surface area contributed by atoms with Crippen molar-refractivity contribution in [2.75, 3.05) is 12.3 Å². The molecule has 2 aromatic heterocycles. The highest BCUT2D eigenvalue weighted by Crippen LogP contribution is 2.30. The Hall–Kier alpha value is -2.54. The molecule has 0 radical (unpaired) electrons. The Morgan fingerprint density at radius 3 is 2.70 bits per heavy atom. The first-order valence-corrected chi connectivity index (χ1v) is 10.1. The van der Waals surface area contributed by atoms with Crippen LogP contribution in [-0.2, 0) is 4.79 Å². The second kappa shape index (κ2) is 9.41. The van der Waals surface area contributed by atoms with Gasteiger partial charge in [-0.25, -0.2) is 0 Å². The lowest BCUT2D eigenvalue weighted by molar-refractivity contribution is -0.118. The van der Waals surface area contributed by atoms with Gasteiger partial charge < -0.3 is 9.73 Å². The number of hydrogen-bond acceptors (Lipinski definition) is 5. The van der Waals surface area contributed by atoms with Crippen LogP contribution in [-0.4, -0.2) is 33.0 Å². The zero-order chi connectivity index (χ0) is 19.1. The lowest BCUT2D eigenvalue weighted by Crippen LogP contribution is -2.26. The Labute approximate surface area is 163 Å². The summed E-state index contributed by atoms with van der Waals surface area (Å²) in [5.41, 5.74) is 1.84. The predicted octanol–water partition coefficient (Wildman–Crippen LogP) is 4.23. The molecule has 7 heteroatoms. The minimum Gasteiger partial charge on any atom is -0.469 e. The molecule has 0 spiro atoms. The Kier molecular flexibility index (Phi) is 6.70.